The second-order valence-electron chi connectivity index (χ2n) is 4.96. The molecule has 19 heavy (non-hydrogen) atoms. The van der Waals surface area contributed by atoms with Crippen LogP contribution >= 0.6 is 0 Å². The average molecular weight is 261 g/mol. The summed E-state index contributed by atoms with van der Waals surface area (Å²) in [5.74, 6) is 0.118. The van der Waals surface area contributed by atoms with Crippen LogP contribution in [-0.2, 0) is 11.2 Å². The molecule has 1 heterocycles. The summed E-state index contributed by atoms with van der Waals surface area (Å²) >= 11 is 0. The number of fused-ring (bicyclic) bond motifs is 1. The van der Waals surface area contributed by atoms with Crippen molar-refractivity contribution in [2.45, 2.75) is 25.7 Å². The van der Waals surface area contributed by atoms with E-state index in [0.29, 0.717) is 13.0 Å². The number of carbonyl (C=O) groups is 1. The number of nitrogens with zero attached hydrogens (tertiary/aromatic N) is 1. The van der Waals surface area contributed by atoms with Gasteiger partial charge in [-0.3, -0.25) is 4.79 Å². The Morgan fingerprint density at radius 1 is 1.32 bits per heavy atom. The highest BCUT2D eigenvalue weighted by molar-refractivity contribution is 5.75. The molecular weight excluding hydrogens is 238 g/mol. The van der Waals surface area contributed by atoms with E-state index in [4.69, 9.17) is 5.73 Å². The molecule has 3 N–H and O–H groups in total. The van der Waals surface area contributed by atoms with Crippen LogP contribution in [0.15, 0.2) is 24.3 Å². The molecule has 0 aromatic heterocycles. The SMILES string of the molecule is NCCCC(=O)NCCCN1CCc2ccccc21. The van der Waals surface area contributed by atoms with E-state index in [-0.39, 0.29) is 5.91 Å². The van der Waals surface area contributed by atoms with Gasteiger partial charge in [0.1, 0.15) is 0 Å². The molecule has 0 saturated carbocycles. The Kier molecular flexibility index (Phi) is 5.21. The first kappa shape index (κ1) is 13.9. The third kappa shape index (κ3) is 3.96. The zero-order chi connectivity index (χ0) is 13.5. The third-order valence-electron chi connectivity index (χ3n) is 3.52. The van der Waals surface area contributed by atoms with Gasteiger partial charge in [0.25, 0.3) is 0 Å². The lowest BCUT2D eigenvalue weighted by atomic mass is 10.2. The van der Waals surface area contributed by atoms with Gasteiger partial charge in [-0.25, -0.2) is 0 Å². The first-order chi connectivity index (χ1) is 9.31. The van der Waals surface area contributed by atoms with E-state index in [2.05, 4.69) is 34.5 Å². The van der Waals surface area contributed by atoms with Crippen LogP contribution < -0.4 is 16.0 Å². The Labute approximate surface area is 115 Å². The number of rotatable bonds is 7. The van der Waals surface area contributed by atoms with Crippen LogP contribution in [0, 0.1) is 0 Å². The number of anilines is 1. The molecule has 1 amide bonds. The standard InChI is InChI=1S/C15H23N3O/c16-9-3-7-15(19)17-10-4-11-18-12-8-13-5-1-2-6-14(13)18/h1-2,5-6H,3-4,7-12,16H2,(H,17,19). The van der Waals surface area contributed by atoms with Crippen LogP contribution in [0.3, 0.4) is 0 Å². The van der Waals surface area contributed by atoms with E-state index in [0.717, 1.165) is 38.9 Å². The van der Waals surface area contributed by atoms with Crippen molar-refractivity contribution in [2.75, 3.05) is 31.1 Å². The molecule has 1 aromatic carbocycles. The minimum absolute atomic E-state index is 0.118. The van der Waals surface area contributed by atoms with Crippen LogP contribution in [0.25, 0.3) is 0 Å². The highest BCUT2D eigenvalue weighted by atomic mass is 16.1. The average Bonchev–Trinajstić information content (AvgIpc) is 2.85. The predicted octanol–water partition coefficient (Wildman–Crippen LogP) is 1.29. The van der Waals surface area contributed by atoms with Gasteiger partial charge in [-0.1, -0.05) is 18.2 Å². The molecule has 0 spiro atoms. The summed E-state index contributed by atoms with van der Waals surface area (Å²) in [7, 11) is 0. The van der Waals surface area contributed by atoms with Crippen molar-refractivity contribution >= 4 is 11.6 Å². The second kappa shape index (κ2) is 7.14. The number of nitrogens with one attached hydrogen (secondary N) is 1. The van der Waals surface area contributed by atoms with E-state index in [1.54, 1.807) is 0 Å². The molecule has 0 atom stereocenters. The van der Waals surface area contributed by atoms with E-state index in [1.165, 1.54) is 11.3 Å². The molecule has 0 bridgehead atoms. The van der Waals surface area contributed by atoms with Crippen LogP contribution in [-0.4, -0.2) is 32.1 Å². The number of nitrogens with two attached hydrogens (primary N) is 1. The third-order valence-corrected chi connectivity index (χ3v) is 3.52. The number of benzene rings is 1. The van der Waals surface area contributed by atoms with Crippen molar-refractivity contribution in [3.8, 4) is 0 Å². The summed E-state index contributed by atoms with van der Waals surface area (Å²) < 4.78 is 0. The molecule has 1 aliphatic heterocycles. The van der Waals surface area contributed by atoms with Gasteiger partial charge >= 0.3 is 0 Å². The molecule has 0 radical (unpaired) electrons. The van der Waals surface area contributed by atoms with Crippen LogP contribution in [0.2, 0.25) is 0 Å². The number of carbonyl (C=O) groups excluding carboxylic acids is 1. The first-order valence-corrected chi connectivity index (χ1v) is 7.11. The summed E-state index contributed by atoms with van der Waals surface area (Å²) in [4.78, 5) is 13.8. The van der Waals surface area contributed by atoms with Gasteiger partial charge in [-0.15, -0.1) is 0 Å². The zero-order valence-corrected chi connectivity index (χ0v) is 11.4. The number of amides is 1. The van der Waals surface area contributed by atoms with Crippen molar-refractivity contribution in [3.05, 3.63) is 29.8 Å². The fraction of sp³-hybridized carbons (Fsp3) is 0.533. The Morgan fingerprint density at radius 3 is 3.00 bits per heavy atom. The molecule has 1 aromatic rings. The van der Waals surface area contributed by atoms with Crippen molar-refractivity contribution < 1.29 is 4.79 Å². The largest absolute Gasteiger partial charge is 0.371 e. The minimum atomic E-state index is 0.118. The van der Waals surface area contributed by atoms with Crippen molar-refractivity contribution in [1.82, 2.24) is 5.32 Å². The molecule has 0 aliphatic carbocycles. The molecule has 104 valence electrons. The molecule has 0 unspecified atom stereocenters. The maximum absolute atomic E-state index is 11.4. The van der Waals surface area contributed by atoms with Gasteiger partial charge < -0.3 is 16.0 Å². The molecule has 0 saturated heterocycles. The van der Waals surface area contributed by atoms with Gasteiger partial charge in [0.2, 0.25) is 5.91 Å². The number of hydrogen-bond acceptors (Lipinski definition) is 3. The maximum atomic E-state index is 11.4. The topological polar surface area (TPSA) is 58.4 Å². The number of para-hydroxylation sites is 1. The van der Waals surface area contributed by atoms with Gasteiger partial charge in [0.05, 0.1) is 0 Å². The fourth-order valence-electron chi connectivity index (χ4n) is 2.49. The normalized spacial score (nSPS) is 13.4. The highest BCUT2D eigenvalue weighted by Gasteiger charge is 2.17. The van der Waals surface area contributed by atoms with E-state index in [9.17, 15) is 4.79 Å². The molecule has 0 fully saturated rings. The zero-order valence-electron chi connectivity index (χ0n) is 11.4. The van der Waals surface area contributed by atoms with E-state index < -0.39 is 0 Å². The summed E-state index contributed by atoms with van der Waals surface area (Å²) in [6, 6.07) is 8.57. The van der Waals surface area contributed by atoms with Crippen LogP contribution in [0.4, 0.5) is 5.69 Å². The summed E-state index contributed by atoms with van der Waals surface area (Å²) in [6.07, 6.45) is 3.44. The van der Waals surface area contributed by atoms with E-state index in [1.807, 2.05) is 0 Å². The molecular formula is C15H23N3O. The van der Waals surface area contributed by atoms with Gasteiger partial charge in [-0.05, 0) is 37.4 Å². The summed E-state index contributed by atoms with van der Waals surface area (Å²) in [5, 5.41) is 2.94. The Balaban J connectivity index is 1.66. The lowest BCUT2D eigenvalue weighted by Crippen LogP contribution is -2.29. The molecule has 4 nitrogen and oxygen atoms in total. The molecule has 2 rings (SSSR count). The van der Waals surface area contributed by atoms with Crippen LogP contribution in [0.1, 0.15) is 24.8 Å². The minimum Gasteiger partial charge on any atom is -0.371 e. The van der Waals surface area contributed by atoms with Gasteiger partial charge in [-0.2, -0.15) is 0 Å². The van der Waals surface area contributed by atoms with Gasteiger partial charge in [0, 0.05) is 31.7 Å². The molecule has 1 aliphatic rings. The number of hydrogen-bond donors (Lipinski definition) is 2. The Bertz CT molecular complexity index is 420. The summed E-state index contributed by atoms with van der Waals surface area (Å²) in [6.45, 7) is 3.44. The van der Waals surface area contributed by atoms with Crippen molar-refractivity contribution in [3.63, 3.8) is 0 Å². The lowest BCUT2D eigenvalue weighted by molar-refractivity contribution is -0.121. The Hall–Kier alpha value is -1.55. The Morgan fingerprint density at radius 2 is 2.16 bits per heavy atom. The maximum Gasteiger partial charge on any atom is 0.220 e. The van der Waals surface area contributed by atoms with Gasteiger partial charge in [0.15, 0.2) is 0 Å². The predicted molar refractivity (Wildman–Crippen MR) is 78.3 cm³/mol. The van der Waals surface area contributed by atoms with Crippen LogP contribution in [0.5, 0.6) is 0 Å². The second-order valence-corrected chi connectivity index (χ2v) is 4.96. The molecule has 4 heteroatoms. The highest BCUT2D eigenvalue weighted by Crippen LogP contribution is 2.27. The monoisotopic (exact) mass is 261 g/mol. The summed E-state index contributed by atoms with van der Waals surface area (Å²) in [5.41, 5.74) is 8.17. The van der Waals surface area contributed by atoms with Crippen molar-refractivity contribution in [2.24, 2.45) is 5.73 Å². The smallest absolute Gasteiger partial charge is 0.220 e. The fourth-order valence-corrected chi connectivity index (χ4v) is 2.49. The van der Waals surface area contributed by atoms with E-state index >= 15 is 0 Å². The van der Waals surface area contributed by atoms with Crippen molar-refractivity contribution in [1.29, 1.82) is 0 Å². The first-order valence-electron chi connectivity index (χ1n) is 7.11. The lowest BCUT2D eigenvalue weighted by Gasteiger charge is -2.19. The quantitative estimate of drug-likeness (QED) is 0.727.